The number of hydrogen-bond donors (Lipinski definition) is 0. The summed E-state index contributed by atoms with van der Waals surface area (Å²) in [4.78, 5) is 18.5. The fourth-order valence-corrected chi connectivity index (χ4v) is 2.97. The highest BCUT2D eigenvalue weighted by atomic mass is 16.5. The van der Waals surface area contributed by atoms with Gasteiger partial charge in [-0.3, -0.25) is 9.78 Å². The largest absolute Gasteiger partial charge is 0.379 e. The number of nitrogens with zero attached hydrogens (tertiary/aromatic N) is 3. The van der Waals surface area contributed by atoms with Gasteiger partial charge in [-0.1, -0.05) is 5.16 Å². The lowest BCUT2D eigenvalue weighted by Gasteiger charge is -2.27. The molecule has 1 aliphatic heterocycles. The molecule has 1 fully saturated rings. The molecule has 0 aromatic carbocycles. The van der Waals surface area contributed by atoms with Gasteiger partial charge in [0, 0.05) is 32.1 Å². The van der Waals surface area contributed by atoms with Crippen LogP contribution in [0.5, 0.6) is 0 Å². The monoisotopic (exact) mass is 301 g/mol. The van der Waals surface area contributed by atoms with Crippen LogP contribution >= 0.6 is 0 Å². The first-order chi connectivity index (χ1) is 10.7. The van der Waals surface area contributed by atoms with Gasteiger partial charge in [0.2, 0.25) is 0 Å². The Balaban J connectivity index is 1.81. The summed E-state index contributed by atoms with van der Waals surface area (Å²) in [5.74, 6) is 0.534. The lowest BCUT2D eigenvalue weighted by atomic mass is 10.0. The summed E-state index contributed by atoms with van der Waals surface area (Å²) in [6, 6.07) is 5.60. The molecule has 116 valence electrons. The van der Waals surface area contributed by atoms with Crippen LogP contribution in [0.2, 0.25) is 0 Å². The van der Waals surface area contributed by atoms with Gasteiger partial charge in [-0.15, -0.1) is 0 Å². The van der Waals surface area contributed by atoms with Crippen molar-refractivity contribution in [3.8, 4) is 0 Å². The van der Waals surface area contributed by atoms with Crippen molar-refractivity contribution in [2.24, 2.45) is 0 Å². The first kappa shape index (κ1) is 14.7. The first-order valence-corrected chi connectivity index (χ1v) is 7.35. The van der Waals surface area contributed by atoms with Gasteiger partial charge < -0.3 is 14.2 Å². The lowest BCUT2D eigenvalue weighted by molar-refractivity contribution is 0.0502. The number of aromatic nitrogens is 2. The molecule has 3 rings (SSSR count). The van der Waals surface area contributed by atoms with Crippen LogP contribution in [0.4, 0.5) is 0 Å². The predicted octanol–water partition coefficient (Wildman–Crippen LogP) is 1.85. The fraction of sp³-hybridized carbons (Fsp3) is 0.438. The molecule has 22 heavy (non-hydrogen) atoms. The van der Waals surface area contributed by atoms with E-state index in [-0.39, 0.29) is 18.1 Å². The highest BCUT2D eigenvalue weighted by molar-refractivity contribution is 5.92. The zero-order valence-corrected chi connectivity index (χ0v) is 12.7. The maximum absolute atomic E-state index is 12.7. The maximum Gasteiger partial charge on any atom is 0.276 e. The number of aryl methyl sites for hydroxylation is 1. The lowest BCUT2D eigenvalue weighted by Crippen LogP contribution is -2.41. The molecular formula is C16H19N3O3. The summed E-state index contributed by atoms with van der Waals surface area (Å²) >= 11 is 0. The summed E-state index contributed by atoms with van der Waals surface area (Å²) in [6.07, 6.45) is 5.13. The number of likely N-dealkylation sites (tertiary alicyclic amines) is 1. The smallest absolute Gasteiger partial charge is 0.276 e. The third-order valence-corrected chi connectivity index (χ3v) is 4.09. The molecule has 0 N–H and O–H groups in total. The van der Waals surface area contributed by atoms with Gasteiger partial charge in [0.25, 0.3) is 5.91 Å². The summed E-state index contributed by atoms with van der Waals surface area (Å²) in [7, 11) is 1.69. The van der Waals surface area contributed by atoms with Crippen LogP contribution in [0.15, 0.2) is 35.1 Å². The third kappa shape index (κ3) is 2.87. The van der Waals surface area contributed by atoms with Crippen molar-refractivity contribution in [3.05, 3.63) is 47.6 Å². The second-order valence-electron chi connectivity index (χ2n) is 5.51. The summed E-state index contributed by atoms with van der Waals surface area (Å²) in [6.45, 7) is 2.44. The van der Waals surface area contributed by atoms with Gasteiger partial charge in [-0.25, -0.2) is 0 Å². The minimum absolute atomic E-state index is 0.00286. The molecule has 1 saturated heterocycles. The van der Waals surface area contributed by atoms with E-state index in [0.29, 0.717) is 18.0 Å². The van der Waals surface area contributed by atoms with Crippen molar-refractivity contribution in [1.82, 2.24) is 15.0 Å². The van der Waals surface area contributed by atoms with Gasteiger partial charge in [0.15, 0.2) is 5.69 Å². The van der Waals surface area contributed by atoms with Crippen molar-refractivity contribution in [2.45, 2.75) is 31.9 Å². The molecule has 3 heterocycles. The molecule has 2 aromatic heterocycles. The van der Waals surface area contributed by atoms with Crippen molar-refractivity contribution < 1.29 is 14.1 Å². The maximum atomic E-state index is 12.7. The van der Waals surface area contributed by atoms with Gasteiger partial charge in [0.1, 0.15) is 5.76 Å². The molecule has 1 amide bonds. The summed E-state index contributed by atoms with van der Waals surface area (Å²) < 4.78 is 10.6. The van der Waals surface area contributed by atoms with E-state index in [1.165, 1.54) is 0 Å². The zero-order chi connectivity index (χ0) is 15.5. The minimum Gasteiger partial charge on any atom is -0.379 e. The molecule has 0 unspecified atom stereocenters. The average Bonchev–Trinajstić information content (AvgIpc) is 3.14. The van der Waals surface area contributed by atoms with Crippen molar-refractivity contribution >= 4 is 5.91 Å². The van der Waals surface area contributed by atoms with Crippen LogP contribution in [0.3, 0.4) is 0 Å². The highest BCUT2D eigenvalue weighted by Crippen LogP contribution is 2.25. The van der Waals surface area contributed by atoms with Gasteiger partial charge >= 0.3 is 0 Å². The van der Waals surface area contributed by atoms with Crippen LogP contribution in [-0.4, -0.2) is 46.7 Å². The molecular weight excluding hydrogens is 282 g/mol. The Morgan fingerprint density at radius 2 is 2.23 bits per heavy atom. The Kier molecular flexibility index (Phi) is 4.20. The number of pyridine rings is 1. The molecule has 1 aliphatic rings. The molecule has 2 atom stereocenters. The van der Waals surface area contributed by atoms with E-state index < -0.39 is 0 Å². The van der Waals surface area contributed by atoms with Crippen LogP contribution in [0.25, 0.3) is 0 Å². The van der Waals surface area contributed by atoms with Gasteiger partial charge in [-0.05, 0) is 37.5 Å². The summed E-state index contributed by atoms with van der Waals surface area (Å²) in [5.41, 5.74) is 1.49. The predicted molar refractivity (Wildman–Crippen MR) is 79.4 cm³/mol. The standard InChI is InChI=1S/C16H19N3O3/c1-11-9-13(18-22-11)16(20)19-8-5-15(21-2)14(19)10-12-3-6-17-7-4-12/h3-4,6-7,9,14-15H,5,8,10H2,1-2H3/t14-,15-/m1/s1. The molecule has 0 spiro atoms. The van der Waals surface area contributed by atoms with E-state index in [9.17, 15) is 4.79 Å². The Bertz CT molecular complexity index is 641. The fourth-order valence-electron chi connectivity index (χ4n) is 2.97. The van der Waals surface area contributed by atoms with E-state index >= 15 is 0 Å². The third-order valence-electron chi connectivity index (χ3n) is 4.09. The van der Waals surface area contributed by atoms with Crippen molar-refractivity contribution in [3.63, 3.8) is 0 Å². The van der Waals surface area contributed by atoms with Gasteiger partial charge in [-0.2, -0.15) is 0 Å². The number of hydrogen-bond acceptors (Lipinski definition) is 5. The van der Waals surface area contributed by atoms with E-state index in [2.05, 4.69) is 10.1 Å². The second-order valence-corrected chi connectivity index (χ2v) is 5.51. The number of rotatable bonds is 4. The molecule has 0 saturated carbocycles. The Labute approximate surface area is 129 Å². The second kappa shape index (κ2) is 6.27. The average molecular weight is 301 g/mol. The van der Waals surface area contributed by atoms with Crippen LogP contribution in [0.1, 0.15) is 28.2 Å². The number of carbonyl (C=O) groups excluding carboxylic acids is 1. The highest BCUT2D eigenvalue weighted by Gasteiger charge is 2.38. The van der Waals surface area contributed by atoms with E-state index in [4.69, 9.17) is 9.26 Å². The molecule has 6 heteroatoms. The molecule has 6 nitrogen and oxygen atoms in total. The molecule has 0 aliphatic carbocycles. The minimum atomic E-state index is -0.101. The number of carbonyl (C=O) groups is 1. The molecule has 2 aromatic rings. The quantitative estimate of drug-likeness (QED) is 0.862. The number of amides is 1. The van der Waals surface area contributed by atoms with Crippen molar-refractivity contribution in [1.29, 1.82) is 0 Å². The molecule has 0 radical (unpaired) electrons. The Morgan fingerprint density at radius 1 is 1.45 bits per heavy atom. The van der Waals surface area contributed by atoms with Gasteiger partial charge in [0.05, 0.1) is 12.1 Å². The van der Waals surface area contributed by atoms with Crippen LogP contribution in [-0.2, 0) is 11.2 Å². The van der Waals surface area contributed by atoms with E-state index in [1.54, 1.807) is 32.5 Å². The Morgan fingerprint density at radius 3 is 2.86 bits per heavy atom. The van der Waals surface area contributed by atoms with Crippen LogP contribution in [0, 0.1) is 6.92 Å². The number of methoxy groups -OCH3 is 1. The normalized spacial score (nSPS) is 21.3. The number of ether oxygens (including phenoxy) is 1. The van der Waals surface area contributed by atoms with E-state index in [0.717, 1.165) is 18.4 Å². The van der Waals surface area contributed by atoms with Crippen LogP contribution < -0.4 is 0 Å². The zero-order valence-electron chi connectivity index (χ0n) is 12.7. The SMILES string of the molecule is CO[C@@H]1CCN(C(=O)c2cc(C)on2)[C@@H]1Cc1ccncc1. The van der Waals surface area contributed by atoms with E-state index in [1.807, 2.05) is 17.0 Å². The summed E-state index contributed by atoms with van der Waals surface area (Å²) in [5, 5.41) is 3.84. The first-order valence-electron chi connectivity index (χ1n) is 7.35. The molecule has 0 bridgehead atoms. The Hall–Kier alpha value is -2.21. The topological polar surface area (TPSA) is 68.5 Å². The van der Waals surface area contributed by atoms with Crippen molar-refractivity contribution in [2.75, 3.05) is 13.7 Å².